The van der Waals surface area contributed by atoms with Gasteiger partial charge in [0.05, 0.1) is 41.3 Å². The first-order valence-electron chi connectivity index (χ1n) is 12.3. The van der Waals surface area contributed by atoms with E-state index in [0.717, 1.165) is 74.4 Å². The summed E-state index contributed by atoms with van der Waals surface area (Å²) >= 11 is 8.17. The quantitative estimate of drug-likeness (QED) is 0.555. The van der Waals surface area contributed by atoms with Crippen molar-refractivity contribution in [2.24, 2.45) is 11.3 Å². The lowest BCUT2D eigenvalue weighted by Crippen LogP contribution is -2.40. The monoisotopic (exact) mass is 512 g/mol. The van der Waals surface area contributed by atoms with Gasteiger partial charge in [0.2, 0.25) is 0 Å². The SMILES string of the molecule is O=c1c2c(Cl)c(Sc3cnc(N4CCC5(CCOC5)CC4)cn3)ccc2ncn1CC1CCNC1. The average Bonchev–Trinajstić information content (AvgIpc) is 3.56. The number of hydrogen-bond acceptors (Lipinski definition) is 8. The highest BCUT2D eigenvalue weighted by atomic mass is 35.5. The maximum absolute atomic E-state index is 13.2. The molecule has 1 atom stereocenters. The van der Waals surface area contributed by atoms with Crippen molar-refractivity contribution in [3.8, 4) is 0 Å². The van der Waals surface area contributed by atoms with Crippen molar-refractivity contribution < 1.29 is 4.74 Å². The highest BCUT2D eigenvalue weighted by Gasteiger charge is 2.38. The van der Waals surface area contributed by atoms with Gasteiger partial charge in [-0.1, -0.05) is 23.4 Å². The predicted octanol–water partition coefficient (Wildman–Crippen LogP) is 3.61. The topological polar surface area (TPSA) is 85.2 Å². The molecule has 3 aromatic rings. The number of aromatic nitrogens is 4. The van der Waals surface area contributed by atoms with E-state index in [0.29, 0.717) is 33.8 Å². The lowest BCUT2D eigenvalue weighted by atomic mass is 9.78. The van der Waals surface area contributed by atoms with Gasteiger partial charge in [0.15, 0.2) is 0 Å². The molecule has 1 unspecified atom stereocenters. The van der Waals surface area contributed by atoms with Gasteiger partial charge in [-0.05, 0) is 62.2 Å². The van der Waals surface area contributed by atoms with Crippen molar-refractivity contribution in [2.75, 3.05) is 44.3 Å². The summed E-state index contributed by atoms with van der Waals surface area (Å²) in [5, 5.41) is 4.98. The molecule has 0 bridgehead atoms. The minimum atomic E-state index is -0.0914. The van der Waals surface area contributed by atoms with Gasteiger partial charge in [-0.15, -0.1) is 0 Å². The number of rotatable bonds is 5. The Labute approximate surface area is 213 Å². The zero-order valence-corrected chi connectivity index (χ0v) is 21.2. The van der Waals surface area contributed by atoms with Crippen LogP contribution in [0.15, 0.2) is 45.6 Å². The number of hydrogen-bond donors (Lipinski definition) is 1. The second-order valence-corrected chi connectivity index (χ2v) is 11.4. The average molecular weight is 513 g/mol. The first-order valence-corrected chi connectivity index (χ1v) is 13.5. The molecule has 0 amide bonds. The molecule has 0 radical (unpaired) electrons. The Kier molecular flexibility index (Phi) is 6.43. The molecule has 8 nitrogen and oxygen atoms in total. The van der Waals surface area contributed by atoms with E-state index in [1.807, 2.05) is 18.3 Å². The summed E-state index contributed by atoms with van der Waals surface area (Å²) in [6, 6.07) is 3.75. The van der Waals surface area contributed by atoms with Gasteiger partial charge in [0.25, 0.3) is 5.56 Å². The number of nitrogens with one attached hydrogen (secondary N) is 1. The molecule has 0 saturated carbocycles. The van der Waals surface area contributed by atoms with Gasteiger partial charge < -0.3 is 15.0 Å². The standard InChI is InChI=1S/C25H29ClN6O2S/c26-23-19(2-1-18-22(23)24(33)32(16-30-18)14-17-3-7-27-11-17)35-21-13-28-20(12-29-21)31-8-4-25(5-9-31)6-10-34-15-25/h1-2,12-13,16-17,27H,3-11,14-15H2. The Hall–Kier alpha value is -2.20. The molecule has 35 heavy (non-hydrogen) atoms. The van der Waals surface area contributed by atoms with Gasteiger partial charge in [0, 0.05) is 31.1 Å². The minimum absolute atomic E-state index is 0.0914. The molecule has 0 aliphatic carbocycles. The zero-order valence-electron chi connectivity index (χ0n) is 19.6. The van der Waals surface area contributed by atoms with E-state index < -0.39 is 0 Å². The fourth-order valence-corrected chi connectivity index (χ4v) is 6.56. The lowest BCUT2D eigenvalue weighted by molar-refractivity contribution is 0.133. The molecule has 1 N–H and O–H groups in total. The number of anilines is 1. The Bertz CT molecular complexity index is 1260. The fourth-order valence-electron chi connectivity index (χ4n) is 5.44. The third kappa shape index (κ3) is 4.67. The van der Waals surface area contributed by atoms with Gasteiger partial charge in [-0.25, -0.2) is 15.0 Å². The van der Waals surface area contributed by atoms with Gasteiger partial charge in [-0.3, -0.25) is 9.36 Å². The Balaban J connectivity index is 1.18. The fraction of sp³-hybridized carbons (Fsp3) is 0.520. The van der Waals surface area contributed by atoms with Crippen LogP contribution in [-0.4, -0.2) is 58.9 Å². The first-order chi connectivity index (χ1) is 17.1. The highest BCUT2D eigenvalue weighted by molar-refractivity contribution is 7.99. The van der Waals surface area contributed by atoms with E-state index in [1.165, 1.54) is 18.2 Å². The Morgan fingerprint density at radius 2 is 2.06 bits per heavy atom. The van der Waals surface area contributed by atoms with Crippen molar-refractivity contribution in [1.29, 1.82) is 0 Å². The molecular weight excluding hydrogens is 484 g/mol. The third-order valence-corrected chi connectivity index (χ3v) is 9.16. The number of fused-ring (bicyclic) bond motifs is 1. The van der Waals surface area contributed by atoms with Crippen molar-refractivity contribution in [1.82, 2.24) is 24.8 Å². The van der Waals surface area contributed by atoms with Crippen LogP contribution in [0.3, 0.4) is 0 Å². The van der Waals surface area contributed by atoms with Crippen molar-refractivity contribution in [2.45, 2.75) is 42.1 Å². The van der Waals surface area contributed by atoms with E-state index in [2.05, 4.69) is 25.2 Å². The van der Waals surface area contributed by atoms with Gasteiger partial charge >= 0.3 is 0 Å². The second kappa shape index (κ2) is 9.69. The van der Waals surface area contributed by atoms with E-state index in [4.69, 9.17) is 16.3 Å². The van der Waals surface area contributed by atoms with E-state index >= 15 is 0 Å². The van der Waals surface area contributed by atoms with Crippen LogP contribution in [0.4, 0.5) is 5.82 Å². The van der Waals surface area contributed by atoms with Crippen LogP contribution in [0, 0.1) is 11.3 Å². The summed E-state index contributed by atoms with van der Waals surface area (Å²) in [5.41, 5.74) is 0.891. The molecule has 6 rings (SSSR count). The second-order valence-electron chi connectivity index (χ2n) is 9.94. The van der Waals surface area contributed by atoms with Crippen molar-refractivity contribution in [3.05, 3.63) is 46.2 Å². The number of nitrogens with zero attached hydrogens (tertiary/aromatic N) is 5. The third-order valence-electron chi connectivity index (χ3n) is 7.67. The van der Waals surface area contributed by atoms with Crippen LogP contribution in [0.2, 0.25) is 5.02 Å². The minimum Gasteiger partial charge on any atom is -0.381 e. The molecule has 1 spiro atoms. The van der Waals surface area contributed by atoms with Crippen LogP contribution < -0.4 is 15.8 Å². The highest BCUT2D eigenvalue weighted by Crippen LogP contribution is 2.40. The molecule has 2 aromatic heterocycles. The number of piperidine rings is 1. The molecule has 3 fully saturated rings. The number of benzene rings is 1. The smallest absolute Gasteiger partial charge is 0.262 e. The number of ether oxygens (including phenoxy) is 1. The summed E-state index contributed by atoms with van der Waals surface area (Å²) in [6.07, 6.45) is 9.78. The van der Waals surface area contributed by atoms with Crippen LogP contribution in [0.1, 0.15) is 25.7 Å². The lowest BCUT2D eigenvalue weighted by Gasteiger charge is -2.38. The van der Waals surface area contributed by atoms with Crippen molar-refractivity contribution in [3.63, 3.8) is 0 Å². The number of halogens is 1. The van der Waals surface area contributed by atoms with Crippen LogP contribution in [-0.2, 0) is 11.3 Å². The van der Waals surface area contributed by atoms with E-state index in [1.54, 1.807) is 17.1 Å². The molecular formula is C25H29ClN6O2S. The molecule has 3 aliphatic heterocycles. The van der Waals surface area contributed by atoms with Gasteiger partial charge in [0.1, 0.15) is 10.8 Å². The summed E-state index contributed by atoms with van der Waals surface area (Å²) in [4.78, 5) is 30.1. The van der Waals surface area contributed by atoms with Crippen LogP contribution in [0.25, 0.3) is 10.9 Å². The summed E-state index contributed by atoms with van der Waals surface area (Å²) < 4.78 is 7.33. The molecule has 1 aromatic carbocycles. The maximum atomic E-state index is 13.2. The summed E-state index contributed by atoms with van der Waals surface area (Å²) in [7, 11) is 0. The zero-order chi connectivity index (χ0) is 23.8. The van der Waals surface area contributed by atoms with Crippen LogP contribution in [0.5, 0.6) is 0 Å². The molecule has 184 valence electrons. The van der Waals surface area contributed by atoms with E-state index in [9.17, 15) is 4.79 Å². The maximum Gasteiger partial charge on any atom is 0.262 e. The summed E-state index contributed by atoms with van der Waals surface area (Å²) in [6.45, 7) is 6.33. The molecule has 3 saturated heterocycles. The normalized spacial score (nSPS) is 21.9. The molecule has 5 heterocycles. The van der Waals surface area contributed by atoms with Crippen LogP contribution >= 0.6 is 23.4 Å². The molecule has 3 aliphatic rings. The van der Waals surface area contributed by atoms with Crippen molar-refractivity contribution >= 4 is 40.1 Å². The predicted molar refractivity (Wildman–Crippen MR) is 137 cm³/mol. The Morgan fingerprint density at radius 3 is 2.77 bits per heavy atom. The molecule has 10 heteroatoms. The first kappa shape index (κ1) is 23.2. The van der Waals surface area contributed by atoms with E-state index in [-0.39, 0.29) is 5.56 Å². The van der Waals surface area contributed by atoms with Gasteiger partial charge in [-0.2, -0.15) is 0 Å². The summed E-state index contributed by atoms with van der Waals surface area (Å²) in [5.74, 6) is 1.34. The largest absolute Gasteiger partial charge is 0.381 e. The Morgan fingerprint density at radius 1 is 1.17 bits per heavy atom.